The third-order valence-electron chi connectivity index (χ3n) is 2.29. The van der Waals surface area contributed by atoms with Gasteiger partial charge in [-0.25, -0.2) is 4.21 Å². The van der Waals surface area contributed by atoms with Gasteiger partial charge in [0.1, 0.15) is 5.75 Å². The van der Waals surface area contributed by atoms with Crippen LogP contribution in [0, 0.1) is 0 Å². The molecule has 0 saturated carbocycles. The zero-order chi connectivity index (χ0) is 12.3. The minimum absolute atomic E-state index is 0.126. The molecule has 0 fully saturated rings. The largest absolute Gasteiger partial charge is 0.506 e. The van der Waals surface area contributed by atoms with Gasteiger partial charge in [0.05, 0.1) is 17.6 Å². The maximum absolute atomic E-state index is 10.6. The summed E-state index contributed by atoms with van der Waals surface area (Å²) in [4.78, 5) is 4.08. The molecule has 5 heteroatoms. The number of hydrogen-bond donors (Lipinski definition) is 2. The van der Waals surface area contributed by atoms with Crippen molar-refractivity contribution in [2.24, 2.45) is 0 Å². The van der Waals surface area contributed by atoms with Gasteiger partial charge in [0.25, 0.3) is 0 Å². The molecule has 0 bridgehead atoms. The van der Waals surface area contributed by atoms with Crippen LogP contribution >= 0.6 is 0 Å². The molecule has 0 radical (unpaired) electrons. The first-order chi connectivity index (χ1) is 8.15. The second-order valence-corrected chi connectivity index (χ2v) is 4.50. The van der Waals surface area contributed by atoms with Gasteiger partial charge in [-0.2, -0.15) is 0 Å². The number of aromatic nitrogens is 1. The highest BCUT2D eigenvalue weighted by Gasteiger charge is 2.01. The van der Waals surface area contributed by atoms with E-state index in [1.807, 2.05) is 12.1 Å². The van der Waals surface area contributed by atoms with Crippen LogP contribution in [0.3, 0.4) is 0 Å². The molecule has 17 heavy (non-hydrogen) atoms. The monoisotopic (exact) mass is 249 g/mol. The summed E-state index contributed by atoms with van der Waals surface area (Å²) in [5, 5.41) is 9.12. The highest BCUT2D eigenvalue weighted by molar-refractivity contribution is 7.78. The van der Waals surface area contributed by atoms with Crippen molar-refractivity contribution in [3.05, 3.63) is 48.2 Å². The van der Waals surface area contributed by atoms with E-state index in [9.17, 15) is 4.21 Å². The van der Waals surface area contributed by atoms with Crippen molar-refractivity contribution < 1.29 is 13.9 Å². The predicted molar refractivity (Wildman–Crippen MR) is 65.8 cm³/mol. The lowest BCUT2D eigenvalue weighted by molar-refractivity contribution is 0.473. The van der Waals surface area contributed by atoms with Gasteiger partial charge in [-0.15, -0.1) is 0 Å². The summed E-state index contributed by atoms with van der Waals surface area (Å²) in [5.74, 6) is 0.254. The Balaban J connectivity index is 2.23. The van der Waals surface area contributed by atoms with Gasteiger partial charge in [-0.05, 0) is 17.7 Å². The van der Waals surface area contributed by atoms with Gasteiger partial charge in [0.2, 0.25) is 0 Å². The van der Waals surface area contributed by atoms with Crippen LogP contribution in [0.1, 0.15) is 5.56 Å². The molecule has 0 amide bonds. The zero-order valence-corrected chi connectivity index (χ0v) is 9.72. The second-order valence-electron chi connectivity index (χ2n) is 3.56. The van der Waals surface area contributed by atoms with Gasteiger partial charge < -0.3 is 9.66 Å². The molecule has 0 spiro atoms. The topological polar surface area (TPSA) is 70.4 Å². The molecule has 1 aromatic carbocycles. The van der Waals surface area contributed by atoms with Crippen molar-refractivity contribution in [2.45, 2.75) is 5.75 Å². The van der Waals surface area contributed by atoms with Crippen LogP contribution in [-0.4, -0.2) is 18.9 Å². The van der Waals surface area contributed by atoms with Crippen LogP contribution in [0.15, 0.2) is 42.6 Å². The molecule has 2 aromatic rings. The van der Waals surface area contributed by atoms with E-state index >= 15 is 0 Å². The summed E-state index contributed by atoms with van der Waals surface area (Å²) in [6, 6.07) is 10.5. The van der Waals surface area contributed by atoms with E-state index in [1.165, 1.54) is 6.20 Å². The van der Waals surface area contributed by atoms with Crippen LogP contribution in [0.25, 0.3) is 11.3 Å². The Morgan fingerprint density at radius 1 is 1.12 bits per heavy atom. The van der Waals surface area contributed by atoms with Crippen molar-refractivity contribution in [1.29, 1.82) is 0 Å². The third-order valence-corrected chi connectivity index (χ3v) is 2.87. The van der Waals surface area contributed by atoms with Crippen molar-refractivity contribution in [3.8, 4) is 17.0 Å². The zero-order valence-electron chi connectivity index (χ0n) is 8.91. The Labute approximate surface area is 101 Å². The average molecular weight is 249 g/mol. The molecule has 0 aliphatic carbocycles. The molecule has 4 nitrogen and oxygen atoms in total. The van der Waals surface area contributed by atoms with E-state index < -0.39 is 11.1 Å². The lowest BCUT2D eigenvalue weighted by atomic mass is 10.1. The summed E-state index contributed by atoms with van der Waals surface area (Å²) >= 11 is -1.82. The average Bonchev–Trinajstić information content (AvgIpc) is 2.30. The van der Waals surface area contributed by atoms with E-state index in [2.05, 4.69) is 4.98 Å². The molecule has 0 aliphatic rings. The van der Waals surface area contributed by atoms with E-state index in [0.717, 1.165) is 16.8 Å². The Morgan fingerprint density at radius 3 is 2.35 bits per heavy atom. The molecule has 0 saturated heterocycles. The van der Waals surface area contributed by atoms with Crippen molar-refractivity contribution >= 4 is 11.1 Å². The second kappa shape index (κ2) is 5.07. The van der Waals surface area contributed by atoms with Crippen LogP contribution < -0.4 is 0 Å². The minimum Gasteiger partial charge on any atom is -0.506 e. The summed E-state index contributed by atoms with van der Waals surface area (Å²) in [6.07, 6.45) is 1.38. The molecular formula is C12H11NO3S. The Kier molecular flexibility index (Phi) is 3.51. The highest BCUT2D eigenvalue weighted by Crippen LogP contribution is 2.19. The lowest BCUT2D eigenvalue weighted by Crippen LogP contribution is -1.92. The van der Waals surface area contributed by atoms with Crippen LogP contribution in [0.4, 0.5) is 0 Å². The lowest BCUT2D eigenvalue weighted by Gasteiger charge is -2.02. The molecular weight excluding hydrogens is 238 g/mol. The molecule has 1 heterocycles. The summed E-state index contributed by atoms with van der Waals surface area (Å²) in [5.41, 5.74) is 2.45. The first-order valence-electron chi connectivity index (χ1n) is 4.97. The smallest absolute Gasteiger partial charge is 0.157 e. The van der Waals surface area contributed by atoms with E-state index in [0.29, 0.717) is 0 Å². The fourth-order valence-electron chi connectivity index (χ4n) is 1.47. The van der Waals surface area contributed by atoms with E-state index in [4.69, 9.17) is 9.66 Å². The molecule has 1 unspecified atom stereocenters. The predicted octanol–water partition coefficient (Wildman–Crippen LogP) is 2.18. The van der Waals surface area contributed by atoms with Gasteiger partial charge in [-0.3, -0.25) is 4.98 Å². The van der Waals surface area contributed by atoms with E-state index in [1.54, 1.807) is 24.3 Å². The number of hydrogen-bond acceptors (Lipinski definition) is 3. The van der Waals surface area contributed by atoms with Gasteiger partial charge in [0.15, 0.2) is 11.1 Å². The maximum Gasteiger partial charge on any atom is 0.157 e. The normalized spacial score (nSPS) is 12.3. The molecule has 1 atom stereocenters. The Bertz CT molecular complexity index is 522. The summed E-state index contributed by atoms with van der Waals surface area (Å²) < 4.78 is 19.4. The number of aromatic hydroxyl groups is 1. The van der Waals surface area contributed by atoms with Gasteiger partial charge >= 0.3 is 0 Å². The summed E-state index contributed by atoms with van der Waals surface area (Å²) in [6.45, 7) is 0. The highest BCUT2D eigenvalue weighted by atomic mass is 32.2. The Morgan fingerprint density at radius 2 is 1.82 bits per heavy atom. The summed E-state index contributed by atoms with van der Waals surface area (Å²) in [7, 11) is 0. The molecule has 2 N–H and O–H groups in total. The van der Waals surface area contributed by atoms with E-state index in [-0.39, 0.29) is 11.5 Å². The van der Waals surface area contributed by atoms with Crippen LogP contribution in [0.5, 0.6) is 5.75 Å². The fraction of sp³-hybridized carbons (Fsp3) is 0.0833. The van der Waals surface area contributed by atoms with Gasteiger partial charge in [-0.1, -0.05) is 24.3 Å². The maximum atomic E-state index is 10.6. The molecule has 88 valence electrons. The molecule has 0 aliphatic heterocycles. The standard InChI is InChI=1S/C12H11NO3S/c14-11-5-6-12(13-7-11)10-3-1-9(2-4-10)8-17(15)16/h1-7,14H,8H2,(H,15,16). The number of rotatable bonds is 3. The van der Waals surface area contributed by atoms with Crippen LogP contribution in [0.2, 0.25) is 0 Å². The molecule has 1 aromatic heterocycles. The fourth-order valence-corrected chi connectivity index (χ4v) is 1.95. The first-order valence-corrected chi connectivity index (χ1v) is 6.24. The van der Waals surface area contributed by atoms with Gasteiger partial charge in [0, 0.05) is 5.56 Å². The third kappa shape index (κ3) is 3.12. The SMILES string of the molecule is O=S(O)Cc1ccc(-c2ccc(O)cn2)cc1. The first kappa shape index (κ1) is 11.8. The quantitative estimate of drug-likeness (QED) is 0.818. The van der Waals surface area contributed by atoms with Crippen molar-refractivity contribution in [1.82, 2.24) is 4.98 Å². The number of benzene rings is 1. The molecule has 2 rings (SSSR count). The van der Waals surface area contributed by atoms with Crippen molar-refractivity contribution in [2.75, 3.05) is 0 Å². The van der Waals surface area contributed by atoms with Crippen LogP contribution in [-0.2, 0) is 16.8 Å². The Hall–Kier alpha value is -1.72. The minimum atomic E-state index is -1.82. The number of nitrogens with zero attached hydrogens (tertiary/aromatic N) is 1. The van der Waals surface area contributed by atoms with Crippen molar-refractivity contribution in [3.63, 3.8) is 0 Å². The number of pyridine rings is 1.